The van der Waals surface area contributed by atoms with Crippen molar-refractivity contribution in [3.05, 3.63) is 216 Å². The van der Waals surface area contributed by atoms with Crippen molar-refractivity contribution < 1.29 is 94.9 Å². The number of anilines is 4. The maximum absolute atomic E-state index is 14.5. The molecule has 10 aliphatic rings. The third kappa shape index (κ3) is 25.8. The number of nitrogens with zero attached hydrogens (tertiary/aromatic N) is 10. The molecular formula is C108H144B3Br3ClF3N14O17. The summed E-state index contributed by atoms with van der Waals surface area (Å²) in [5.41, 5.74) is 1.55. The number of piperidine rings is 3. The molecule has 3 atom stereocenters. The summed E-state index contributed by atoms with van der Waals surface area (Å²) < 4.78 is 69.7. The highest BCUT2D eigenvalue weighted by Crippen LogP contribution is 2.48. The lowest BCUT2D eigenvalue weighted by atomic mass is 9.49. The van der Waals surface area contributed by atoms with Crippen molar-refractivity contribution in [3.8, 4) is 0 Å². The van der Waals surface area contributed by atoms with E-state index in [9.17, 15) is 71.2 Å². The van der Waals surface area contributed by atoms with Gasteiger partial charge in [0.05, 0.1) is 65.8 Å². The number of halogens is 7. The van der Waals surface area contributed by atoms with Gasteiger partial charge in [-0.2, -0.15) is 0 Å². The zero-order chi connectivity index (χ0) is 109. The Morgan fingerprint density at radius 1 is 0.383 bits per heavy atom. The van der Waals surface area contributed by atoms with Crippen molar-refractivity contribution in [3.63, 3.8) is 0 Å². The molecule has 41 heteroatoms. The second-order valence-corrected chi connectivity index (χ2v) is 46.0. The van der Waals surface area contributed by atoms with E-state index < -0.39 is 91.5 Å². The molecule has 0 aromatic heterocycles. The Morgan fingerprint density at radius 3 is 0.886 bits per heavy atom. The SMILES string of the molecule is CC1(C)OB(B2OC(C)(C)C(C)(C)O2)OC1(C)C.CN1CN(c2ccc(Br)cc2)C2(CCCCC2)C1=O.CN1CN(c2ccc(Br)cc2)C2(CCNCC2)C1=O.Cc1cccc(C(=O)N[C@@H](C(=O)N2CCC3(CC2)C(=O)N(C)CN3c2ccc(B(O)O)cc2)C(C)C)c1F.Cc1cccc(C(=O)N[C@@H](C(=O)N2CCC3(CC2)C(=O)N(C)CN3c2ccc(Br)cc2)C(C)C)c1F.Cc1cccc(C(=O)N[C@@H](C(=O)O)C(C)C)c1F.Cl. The van der Waals surface area contributed by atoms with E-state index in [1.807, 2.05) is 148 Å². The summed E-state index contributed by atoms with van der Waals surface area (Å²) in [6.07, 6.45) is 9.10. The van der Waals surface area contributed by atoms with Gasteiger partial charge < -0.3 is 104 Å². The highest BCUT2D eigenvalue weighted by molar-refractivity contribution is 9.11. The largest absolute Gasteiger partial charge is 0.488 e. The summed E-state index contributed by atoms with van der Waals surface area (Å²) in [6.45, 7) is 37.1. The molecule has 0 unspecified atom stereocenters. The fraction of sp³-hybridized carbons (Fsp3) is 0.519. The number of hydrogen-bond acceptors (Lipinski definition) is 21. The molecule has 9 aliphatic heterocycles. The summed E-state index contributed by atoms with van der Waals surface area (Å²) in [4.78, 5) is 146. The van der Waals surface area contributed by atoms with Crippen molar-refractivity contribution in [2.24, 2.45) is 17.8 Å². The van der Waals surface area contributed by atoms with Gasteiger partial charge in [-0.25, -0.2) is 18.0 Å². The van der Waals surface area contributed by atoms with Gasteiger partial charge in [0, 0.05) is 90.5 Å². The summed E-state index contributed by atoms with van der Waals surface area (Å²) in [6, 6.07) is 42.2. The summed E-state index contributed by atoms with van der Waals surface area (Å²) in [5.74, 6) is -5.48. The molecule has 7 aromatic carbocycles. The predicted octanol–water partition coefficient (Wildman–Crippen LogP) is 14.7. The number of hydrogen-bond donors (Lipinski definition) is 7. The molecule has 10 fully saturated rings. The standard InChI is InChI=1S/C27H34BFN4O5.C27H32BrFN4O3.C15H19BrN2O.C14H18BrN3O.C13H16FNO3.C12H24B2O4.ClH/c1-17(2)23(30-24(34)21-7-5-6-18(3)22(21)29)25(35)32-14-12-27(13-15-32)26(36)31(4)16-33(27)20-10-8-19(9-11-20)28(37)38;1-17(2)23(30-24(34)21-7-5-6-18(3)22(21)29)25(35)32-14-12-27(13-15-32)26(36)31(4)16-33(27)20-10-8-19(28)9-11-20;1-17-11-18(13-7-5-12(16)6-8-13)15(14(17)19)9-3-2-4-10-15;1-17-10-18(12-4-2-11(15)3-5-12)14(13(17)19)6-8-16-9-7-14;1-7(2)11(13(17)18)15-12(16)9-6-4-5-8(3)10(9)14;1-9(2)10(3,4)16-13(15-9)14-17-11(5,6)12(7,8)18-14;/h5-11,17,23,37-38H,12-16H2,1-4H3,(H,30,34);5-11,17,23H,12-16H2,1-4H3,(H,30,34);5-8H,2-4,9-11H2,1H3;2-5,16H,6-10H2,1H3;4-7,11H,1-3H3,(H,15,16)(H,17,18);1-8H3;1H/t2*23-;;;11-;;/m11..1../s1. The molecule has 149 heavy (non-hydrogen) atoms. The number of aliphatic carboxylic acids is 1. The maximum Gasteiger partial charge on any atom is 0.488 e. The first-order valence-electron chi connectivity index (χ1n) is 50.8. The quantitative estimate of drug-likeness (QED) is 0.0392. The summed E-state index contributed by atoms with van der Waals surface area (Å²) >= 11 is 10.4. The molecule has 0 radical (unpaired) electrons. The number of carboxylic acids is 1. The van der Waals surface area contributed by atoms with Crippen LogP contribution in [-0.2, 0) is 52.2 Å². The van der Waals surface area contributed by atoms with Crippen LogP contribution in [0.1, 0.15) is 215 Å². The van der Waals surface area contributed by atoms with Gasteiger partial charge >= 0.3 is 27.1 Å². The van der Waals surface area contributed by atoms with Crippen LogP contribution in [0.5, 0.6) is 0 Å². The van der Waals surface area contributed by atoms with Crippen molar-refractivity contribution in [1.82, 2.24) is 50.7 Å². The van der Waals surface area contributed by atoms with Gasteiger partial charge in [-0.15, -0.1) is 12.4 Å². The number of benzene rings is 7. The van der Waals surface area contributed by atoms with E-state index >= 15 is 0 Å². The monoisotopic (exact) mass is 2270 g/mol. The average molecular weight is 2280 g/mol. The maximum atomic E-state index is 14.5. The first-order chi connectivity index (χ1) is 69.5. The van der Waals surface area contributed by atoms with Gasteiger partial charge in [0.25, 0.3) is 17.7 Å². The predicted molar refractivity (Wildman–Crippen MR) is 586 cm³/mol. The molecule has 4 spiro atoms. The van der Waals surface area contributed by atoms with E-state index in [-0.39, 0.29) is 110 Å². The van der Waals surface area contributed by atoms with Gasteiger partial charge in [0.1, 0.15) is 57.7 Å². The van der Waals surface area contributed by atoms with E-state index in [4.69, 9.17) is 23.7 Å². The first kappa shape index (κ1) is 119. The van der Waals surface area contributed by atoms with Crippen LogP contribution in [0.25, 0.3) is 0 Å². The van der Waals surface area contributed by atoms with E-state index in [1.165, 1.54) is 24.6 Å². The van der Waals surface area contributed by atoms with Gasteiger partial charge in [0.2, 0.25) is 35.4 Å². The number of rotatable bonds is 18. The number of carbonyl (C=O) groups is 10. The fourth-order valence-corrected chi connectivity index (χ4v) is 21.5. The highest BCUT2D eigenvalue weighted by Gasteiger charge is 2.65. The van der Waals surface area contributed by atoms with Crippen LogP contribution < -0.4 is 46.3 Å². The average Bonchev–Trinajstić information content (AvgIpc) is 1.82. The van der Waals surface area contributed by atoms with Gasteiger partial charge in [-0.1, -0.05) is 157 Å². The van der Waals surface area contributed by atoms with Crippen molar-refractivity contribution >= 4 is 169 Å². The first-order valence-corrected chi connectivity index (χ1v) is 53.1. The number of likely N-dealkylation sites (tertiary alicyclic amines) is 2. The van der Waals surface area contributed by atoms with Gasteiger partial charge in [-0.05, 0) is 284 Å². The third-order valence-corrected chi connectivity index (χ3v) is 32.6. The molecule has 9 heterocycles. The van der Waals surface area contributed by atoms with Crippen LogP contribution in [0.15, 0.2) is 165 Å². The van der Waals surface area contributed by atoms with E-state index in [2.05, 4.69) is 120 Å². The van der Waals surface area contributed by atoms with Crippen LogP contribution in [0.4, 0.5) is 35.9 Å². The highest BCUT2D eigenvalue weighted by atomic mass is 79.9. The number of nitrogens with one attached hydrogen (secondary N) is 4. The van der Waals surface area contributed by atoms with E-state index in [0.717, 1.165) is 87.8 Å². The Bertz CT molecular complexity index is 5780. The van der Waals surface area contributed by atoms with Gasteiger partial charge in [-0.3, -0.25) is 43.2 Å². The smallest absolute Gasteiger partial charge is 0.480 e. The molecule has 9 saturated heterocycles. The normalized spacial score (nSPS) is 20.0. The Balaban J connectivity index is 0.000000175. The molecule has 806 valence electrons. The molecule has 7 aromatic rings. The van der Waals surface area contributed by atoms with Crippen LogP contribution in [0.2, 0.25) is 0 Å². The molecule has 17 rings (SSSR count). The molecule has 31 nitrogen and oxygen atoms in total. The third-order valence-electron chi connectivity index (χ3n) is 31.0. The molecule has 9 amide bonds. The second-order valence-electron chi connectivity index (χ2n) is 43.3. The lowest BCUT2D eigenvalue weighted by molar-refractivity contribution is -0.140. The molecular weight excluding hydrogens is 2130 g/mol. The van der Waals surface area contributed by atoms with Crippen LogP contribution in [-0.4, -0.2) is 282 Å². The van der Waals surface area contributed by atoms with Crippen molar-refractivity contribution in [2.75, 3.05) is 114 Å². The minimum absolute atomic E-state index is 0. The zero-order valence-electron chi connectivity index (χ0n) is 89.2. The number of carboxylic acid groups (broad SMARTS) is 1. The lowest BCUT2D eigenvalue weighted by Gasteiger charge is -2.44. The van der Waals surface area contributed by atoms with Crippen LogP contribution >= 0.6 is 60.2 Å². The minimum Gasteiger partial charge on any atom is -0.480 e. The lowest BCUT2D eigenvalue weighted by Crippen LogP contribution is -2.60. The summed E-state index contributed by atoms with van der Waals surface area (Å²) in [7, 11) is 4.82. The Labute approximate surface area is 906 Å². The Kier molecular flexibility index (Phi) is 39.1. The van der Waals surface area contributed by atoms with Crippen molar-refractivity contribution in [1.29, 1.82) is 0 Å². The van der Waals surface area contributed by atoms with Crippen LogP contribution in [0, 0.1) is 56.0 Å². The fourth-order valence-electron chi connectivity index (χ4n) is 20.7. The second kappa shape index (κ2) is 48.9. The van der Waals surface area contributed by atoms with Crippen LogP contribution in [0.3, 0.4) is 0 Å². The topological polar surface area (TPSA) is 349 Å². The molecule has 7 N–H and O–H groups in total. The number of likely N-dealkylation sites (N-methyl/N-ethyl adjacent to an activating group) is 4. The number of carbonyl (C=O) groups excluding carboxylic acids is 9. The number of amides is 9. The number of aryl methyl sites for hydroxylation is 3. The molecule has 0 bridgehead atoms. The van der Waals surface area contributed by atoms with E-state index in [1.54, 1.807) is 129 Å². The van der Waals surface area contributed by atoms with Gasteiger partial charge in [0.15, 0.2) is 0 Å². The molecule has 1 saturated carbocycles. The Morgan fingerprint density at radius 2 is 0.631 bits per heavy atom. The zero-order valence-corrected chi connectivity index (χ0v) is 94.8. The Hall–Kier alpha value is -10.1. The molecule has 1 aliphatic carbocycles. The van der Waals surface area contributed by atoms with E-state index in [0.29, 0.717) is 107 Å². The minimum atomic E-state index is -1.58. The summed E-state index contributed by atoms with van der Waals surface area (Å²) in [5, 5.41) is 38.9. The van der Waals surface area contributed by atoms with Crippen molar-refractivity contribution in [2.45, 2.75) is 251 Å².